The summed E-state index contributed by atoms with van der Waals surface area (Å²) in [5.74, 6) is -0.0251. The van der Waals surface area contributed by atoms with Crippen molar-refractivity contribution in [2.24, 2.45) is 0 Å². The van der Waals surface area contributed by atoms with Gasteiger partial charge in [0.15, 0.2) is 0 Å². The lowest BCUT2D eigenvalue weighted by molar-refractivity contribution is -0.116. The van der Waals surface area contributed by atoms with Crippen LogP contribution in [-0.2, 0) is 11.3 Å². The number of hydrogen-bond donors (Lipinski definition) is 2. The van der Waals surface area contributed by atoms with Gasteiger partial charge >= 0.3 is 0 Å². The van der Waals surface area contributed by atoms with Gasteiger partial charge in [-0.15, -0.1) is 0 Å². The zero-order valence-electron chi connectivity index (χ0n) is 11.3. The molecule has 2 rings (SSSR count). The molecule has 2 N–H and O–H groups in total. The van der Waals surface area contributed by atoms with Crippen LogP contribution in [-0.4, -0.2) is 35.6 Å². The number of nitrogens with one attached hydrogen (secondary N) is 1. The Hall–Kier alpha value is -1.39. The predicted octanol–water partition coefficient (Wildman–Crippen LogP) is 1.99. The Balaban J connectivity index is 1.97. The standard InChI is InChI=1S/C15H22N2O2/c18-11-5-8-15(19)16-14-7-2-1-6-13(14)12-17-9-3-4-10-17/h1-2,6-7,18H,3-5,8-12H2,(H,16,19). The average molecular weight is 262 g/mol. The SMILES string of the molecule is O=C(CCCO)Nc1ccccc1CN1CCCC1. The first kappa shape index (κ1) is 14.0. The molecule has 1 heterocycles. The monoisotopic (exact) mass is 262 g/mol. The minimum absolute atomic E-state index is 0.0251. The zero-order chi connectivity index (χ0) is 13.5. The molecule has 1 aromatic carbocycles. The fourth-order valence-electron chi connectivity index (χ4n) is 2.41. The van der Waals surface area contributed by atoms with E-state index < -0.39 is 0 Å². The van der Waals surface area contributed by atoms with Crippen molar-refractivity contribution in [2.75, 3.05) is 25.0 Å². The van der Waals surface area contributed by atoms with E-state index in [1.807, 2.05) is 18.2 Å². The summed E-state index contributed by atoms with van der Waals surface area (Å²) in [4.78, 5) is 14.1. The fraction of sp³-hybridized carbons (Fsp3) is 0.533. The minimum atomic E-state index is -0.0251. The Morgan fingerprint density at radius 2 is 2.00 bits per heavy atom. The molecule has 19 heavy (non-hydrogen) atoms. The lowest BCUT2D eigenvalue weighted by Crippen LogP contribution is -2.20. The Kier molecular flexibility index (Phi) is 5.36. The second kappa shape index (κ2) is 7.26. The molecule has 0 atom stereocenters. The molecule has 0 unspecified atom stereocenters. The third kappa shape index (κ3) is 4.33. The normalized spacial score (nSPS) is 15.6. The van der Waals surface area contributed by atoms with Gasteiger partial charge in [-0.3, -0.25) is 9.69 Å². The zero-order valence-corrected chi connectivity index (χ0v) is 11.3. The highest BCUT2D eigenvalue weighted by Gasteiger charge is 2.14. The van der Waals surface area contributed by atoms with E-state index in [-0.39, 0.29) is 12.5 Å². The Labute approximate surface area is 114 Å². The maximum absolute atomic E-state index is 11.7. The van der Waals surface area contributed by atoms with Crippen LogP contribution in [0.25, 0.3) is 0 Å². The maximum Gasteiger partial charge on any atom is 0.224 e. The number of amides is 1. The van der Waals surface area contributed by atoms with Crippen LogP contribution in [0.5, 0.6) is 0 Å². The summed E-state index contributed by atoms with van der Waals surface area (Å²) in [5.41, 5.74) is 2.07. The molecule has 1 saturated heterocycles. The molecular formula is C15H22N2O2. The van der Waals surface area contributed by atoms with Crippen molar-refractivity contribution in [2.45, 2.75) is 32.2 Å². The van der Waals surface area contributed by atoms with Crippen LogP contribution in [0.3, 0.4) is 0 Å². The van der Waals surface area contributed by atoms with Crippen molar-refractivity contribution in [3.63, 3.8) is 0 Å². The lowest BCUT2D eigenvalue weighted by Gasteiger charge is -2.17. The number of nitrogens with zero attached hydrogens (tertiary/aromatic N) is 1. The van der Waals surface area contributed by atoms with Gasteiger partial charge in [-0.1, -0.05) is 18.2 Å². The number of aliphatic hydroxyl groups is 1. The summed E-state index contributed by atoms with van der Waals surface area (Å²) < 4.78 is 0. The number of carbonyl (C=O) groups is 1. The van der Waals surface area contributed by atoms with Crippen molar-refractivity contribution in [1.82, 2.24) is 4.90 Å². The number of carbonyl (C=O) groups excluding carboxylic acids is 1. The second-order valence-electron chi connectivity index (χ2n) is 5.02. The van der Waals surface area contributed by atoms with Gasteiger partial charge in [0, 0.05) is 25.3 Å². The van der Waals surface area contributed by atoms with E-state index in [9.17, 15) is 4.79 Å². The van der Waals surface area contributed by atoms with Gasteiger partial charge in [-0.25, -0.2) is 0 Å². The number of para-hydroxylation sites is 1. The summed E-state index contributed by atoms with van der Waals surface area (Å²) in [6.07, 6.45) is 3.42. The van der Waals surface area contributed by atoms with E-state index in [4.69, 9.17) is 5.11 Å². The molecule has 0 radical (unpaired) electrons. The number of benzene rings is 1. The van der Waals surface area contributed by atoms with Crippen molar-refractivity contribution >= 4 is 11.6 Å². The van der Waals surface area contributed by atoms with Crippen LogP contribution < -0.4 is 5.32 Å². The van der Waals surface area contributed by atoms with Gasteiger partial charge in [0.05, 0.1) is 0 Å². The number of aliphatic hydroxyl groups excluding tert-OH is 1. The Morgan fingerprint density at radius 3 is 2.74 bits per heavy atom. The Bertz CT molecular complexity index is 414. The number of anilines is 1. The highest BCUT2D eigenvalue weighted by Crippen LogP contribution is 2.20. The third-order valence-electron chi connectivity index (χ3n) is 3.45. The topological polar surface area (TPSA) is 52.6 Å². The van der Waals surface area contributed by atoms with Crippen LogP contribution >= 0.6 is 0 Å². The van der Waals surface area contributed by atoms with E-state index in [2.05, 4.69) is 16.3 Å². The molecule has 1 aliphatic heterocycles. The first-order valence-corrected chi connectivity index (χ1v) is 7.00. The molecule has 0 aromatic heterocycles. The maximum atomic E-state index is 11.7. The number of rotatable bonds is 6. The van der Waals surface area contributed by atoms with Gasteiger partial charge in [0.2, 0.25) is 5.91 Å². The molecule has 1 aliphatic rings. The number of hydrogen-bond acceptors (Lipinski definition) is 3. The Morgan fingerprint density at radius 1 is 1.26 bits per heavy atom. The van der Waals surface area contributed by atoms with E-state index in [0.717, 1.165) is 25.3 Å². The highest BCUT2D eigenvalue weighted by atomic mass is 16.3. The van der Waals surface area contributed by atoms with Crippen LogP contribution in [0, 0.1) is 0 Å². The predicted molar refractivity (Wildman–Crippen MR) is 75.9 cm³/mol. The van der Waals surface area contributed by atoms with Crippen LogP contribution in [0.1, 0.15) is 31.2 Å². The summed E-state index contributed by atoms with van der Waals surface area (Å²) in [5, 5.41) is 11.7. The van der Waals surface area contributed by atoms with Crippen LogP contribution in [0.4, 0.5) is 5.69 Å². The summed E-state index contributed by atoms with van der Waals surface area (Å²) in [7, 11) is 0. The van der Waals surface area contributed by atoms with Crippen molar-refractivity contribution in [3.05, 3.63) is 29.8 Å². The molecular weight excluding hydrogens is 240 g/mol. The van der Waals surface area contributed by atoms with E-state index >= 15 is 0 Å². The van der Waals surface area contributed by atoms with E-state index in [0.29, 0.717) is 12.8 Å². The molecule has 4 heteroatoms. The molecule has 1 amide bonds. The van der Waals surface area contributed by atoms with Crippen molar-refractivity contribution in [3.8, 4) is 0 Å². The molecule has 4 nitrogen and oxygen atoms in total. The summed E-state index contributed by atoms with van der Waals surface area (Å²) in [6.45, 7) is 3.25. The van der Waals surface area contributed by atoms with Gasteiger partial charge in [-0.05, 0) is 44.0 Å². The number of likely N-dealkylation sites (tertiary alicyclic amines) is 1. The second-order valence-corrected chi connectivity index (χ2v) is 5.02. The first-order chi connectivity index (χ1) is 9.29. The fourth-order valence-corrected chi connectivity index (χ4v) is 2.41. The van der Waals surface area contributed by atoms with Crippen LogP contribution in [0.2, 0.25) is 0 Å². The third-order valence-corrected chi connectivity index (χ3v) is 3.45. The van der Waals surface area contributed by atoms with Gasteiger partial charge in [-0.2, -0.15) is 0 Å². The van der Waals surface area contributed by atoms with E-state index in [1.54, 1.807) is 0 Å². The van der Waals surface area contributed by atoms with Crippen molar-refractivity contribution in [1.29, 1.82) is 0 Å². The molecule has 0 saturated carbocycles. The van der Waals surface area contributed by atoms with Crippen molar-refractivity contribution < 1.29 is 9.90 Å². The quantitative estimate of drug-likeness (QED) is 0.824. The van der Waals surface area contributed by atoms with Gasteiger partial charge in [0.1, 0.15) is 0 Å². The smallest absolute Gasteiger partial charge is 0.224 e. The molecule has 1 fully saturated rings. The van der Waals surface area contributed by atoms with Gasteiger partial charge < -0.3 is 10.4 Å². The molecule has 0 spiro atoms. The average Bonchev–Trinajstić information content (AvgIpc) is 2.91. The lowest BCUT2D eigenvalue weighted by atomic mass is 10.1. The van der Waals surface area contributed by atoms with Crippen LogP contribution in [0.15, 0.2) is 24.3 Å². The minimum Gasteiger partial charge on any atom is -0.396 e. The highest BCUT2D eigenvalue weighted by molar-refractivity contribution is 5.91. The first-order valence-electron chi connectivity index (χ1n) is 7.00. The molecule has 0 aliphatic carbocycles. The molecule has 104 valence electrons. The van der Waals surface area contributed by atoms with Gasteiger partial charge in [0.25, 0.3) is 0 Å². The molecule has 0 bridgehead atoms. The summed E-state index contributed by atoms with van der Waals surface area (Å²) in [6, 6.07) is 7.96. The van der Waals surface area contributed by atoms with E-state index in [1.165, 1.54) is 18.4 Å². The summed E-state index contributed by atoms with van der Waals surface area (Å²) >= 11 is 0. The largest absolute Gasteiger partial charge is 0.396 e. The molecule has 1 aromatic rings.